The molecule has 0 aromatic carbocycles. The van der Waals surface area contributed by atoms with Crippen molar-refractivity contribution in [1.82, 2.24) is 4.90 Å². The Morgan fingerprint density at radius 3 is 2.85 bits per heavy atom. The first-order chi connectivity index (χ1) is 9.69. The van der Waals surface area contributed by atoms with E-state index in [9.17, 15) is 9.59 Å². The summed E-state index contributed by atoms with van der Waals surface area (Å²) >= 11 is 0. The van der Waals surface area contributed by atoms with Crippen LogP contribution in [0.4, 0.5) is 0 Å². The van der Waals surface area contributed by atoms with Crippen LogP contribution in [0.15, 0.2) is 11.3 Å². The molecule has 4 heteroatoms. The molecule has 2 aliphatic heterocycles. The van der Waals surface area contributed by atoms with Gasteiger partial charge in [0.2, 0.25) is 0 Å². The minimum Gasteiger partial charge on any atom is -0.465 e. The van der Waals surface area contributed by atoms with Crippen LogP contribution in [0, 0.1) is 0 Å². The summed E-state index contributed by atoms with van der Waals surface area (Å²) in [5.74, 6) is -0.476. The van der Waals surface area contributed by atoms with E-state index in [1.165, 1.54) is 20.0 Å². The number of Topliss-reactive ketones (excluding diaryl/α,β-unsaturated/α-hetero) is 1. The van der Waals surface area contributed by atoms with Crippen LogP contribution in [-0.4, -0.2) is 36.3 Å². The molecular weight excluding hydrogens is 254 g/mol. The molecule has 1 fully saturated rings. The summed E-state index contributed by atoms with van der Waals surface area (Å²) in [6, 6.07) is 0.317. The van der Waals surface area contributed by atoms with Crippen LogP contribution in [0.1, 0.15) is 58.3 Å². The quantitative estimate of drug-likeness (QED) is 0.426. The number of rotatable bonds is 6. The SMILES string of the molecule is CCCCCCC1=C(C(=O)OC)C(=O)C[C@H]2CCCN12. The van der Waals surface area contributed by atoms with Gasteiger partial charge in [0.05, 0.1) is 7.11 Å². The third kappa shape index (κ3) is 3.05. The molecule has 0 radical (unpaired) electrons. The van der Waals surface area contributed by atoms with Gasteiger partial charge in [-0.05, 0) is 25.7 Å². The van der Waals surface area contributed by atoms with Gasteiger partial charge < -0.3 is 9.64 Å². The average Bonchev–Trinajstić information content (AvgIpc) is 2.90. The van der Waals surface area contributed by atoms with Crippen LogP contribution in [-0.2, 0) is 14.3 Å². The monoisotopic (exact) mass is 279 g/mol. The zero-order valence-electron chi connectivity index (χ0n) is 12.6. The highest BCUT2D eigenvalue weighted by Gasteiger charge is 2.38. The molecule has 0 amide bonds. The van der Waals surface area contributed by atoms with Crippen LogP contribution in [0.3, 0.4) is 0 Å². The summed E-state index contributed by atoms with van der Waals surface area (Å²) in [6.07, 6.45) is 8.08. The van der Waals surface area contributed by atoms with Crippen LogP contribution < -0.4 is 0 Å². The molecule has 2 aliphatic rings. The first kappa shape index (κ1) is 15.1. The van der Waals surface area contributed by atoms with Crippen LogP contribution >= 0.6 is 0 Å². The number of hydrogen-bond donors (Lipinski definition) is 0. The van der Waals surface area contributed by atoms with Crippen molar-refractivity contribution in [2.24, 2.45) is 0 Å². The fourth-order valence-electron chi connectivity index (χ4n) is 3.35. The molecule has 0 aliphatic carbocycles. The van der Waals surface area contributed by atoms with Crippen molar-refractivity contribution in [3.63, 3.8) is 0 Å². The Bertz CT molecular complexity index is 414. The third-order valence-electron chi connectivity index (χ3n) is 4.37. The van der Waals surface area contributed by atoms with Gasteiger partial charge in [-0.25, -0.2) is 4.79 Å². The Morgan fingerprint density at radius 2 is 2.15 bits per heavy atom. The number of ketones is 1. The summed E-state index contributed by atoms with van der Waals surface area (Å²) in [5, 5.41) is 0. The second-order valence-electron chi connectivity index (χ2n) is 5.74. The second kappa shape index (κ2) is 6.91. The number of carbonyl (C=O) groups is 2. The number of methoxy groups -OCH3 is 1. The van der Waals surface area contributed by atoms with Gasteiger partial charge in [0.25, 0.3) is 0 Å². The fraction of sp³-hybridized carbons (Fsp3) is 0.750. The van der Waals surface area contributed by atoms with E-state index in [1.54, 1.807) is 0 Å². The van der Waals surface area contributed by atoms with Crippen molar-refractivity contribution in [1.29, 1.82) is 0 Å². The van der Waals surface area contributed by atoms with Gasteiger partial charge in [0, 0.05) is 24.7 Å². The maximum atomic E-state index is 12.3. The van der Waals surface area contributed by atoms with E-state index < -0.39 is 5.97 Å². The topological polar surface area (TPSA) is 46.6 Å². The maximum Gasteiger partial charge on any atom is 0.343 e. The molecule has 1 saturated heterocycles. The lowest BCUT2D eigenvalue weighted by Crippen LogP contribution is -2.39. The number of ether oxygens (including phenoxy) is 1. The predicted molar refractivity (Wildman–Crippen MR) is 77.2 cm³/mol. The molecular formula is C16H25NO3. The standard InChI is InChI=1S/C16H25NO3/c1-3-4-5-6-9-13-15(16(19)20-2)14(18)11-12-8-7-10-17(12)13/h12H,3-11H2,1-2H3/t12-/m1/s1. The zero-order chi connectivity index (χ0) is 14.5. The summed E-state index contributed by atoms with van der Waals surface area (Å²) in [4.78, 5) is 26.5. The van der Waals surface area contributed by atoms with Crippen molar-refractivity contribution in [2.75, 3.05) is 13.7 Å². The summed E-state index contributed by atoms with van der Waals surface area (Å²) < 4.78 is 4.82. The number of esters is 1. The third-order valence-corrected chi connectivity index (χ3v) is 4.37. The second-order valence-corrected chi connectivity index (χ2v) is 5.74. The Hall–Kier alpha value is -1.32. The number of unbranched alkanes of at least 4 members (excludes halogenated alkanes) is 3. The largest absolute Gasteiger partial charge is 0.465 e. The molecule has 0 N–H and O–H groups in total. The Balaban J connectivity index is 2.19. The first-order valence-corrected chi connectivity index (χ1v) is 7.80. The minimum atomic E-state index is -0.453. The van der Waals surface area contributed by atoms with Crippen LogP contribution in [0.2, 0.25) is 0 Å². The van der Waals surface area contributed by atoms with Crippen molar-refractivity contribution >= 4 is 11.8 Å². The van der Waals surface area contributed by atoms with Crippen molar-refractivity contribution in [3.05, 3.63) is 11.3 Å². The molecule has 0 bridgehead atoms. The Kier molecular flexibility index (Phi) is 5.21. The summed E-state index contributed by atoms with van der Waals surface area (Å²) in [6.45, 7) is 3.15. The fourth-order valence-corrected chi connectivity index (χ4v) is 3.35. The molecule has 2 heterocycles. The van der Waals surface area contributed by atoms with Gasteiger partial charge >= 0.3 is 5.97 Å². The van der Waals surface area contributed by atoms with Crippen molar-refractivity contribution < 1.29 is 14.3 Å². The lowest BCUT2D eigenvalue weighted by atomic mass is 9.92. The van der Waals surface area contributed by atoms with E-state index in [2.05, 4.69) is 11.8 Å². The highest BCUT2D eigenvalue weighted by Crippen LogP contribution is 2.35. The maximum absolute atomic E-state index is 12.3. The van der Waals surface area contributed by atoms with E-state index in [1.807, 2.05) is 0 Å². The molecule has 20 heavy (non-hydrogen) atoms. The van der Waals surface area contributed by atoms with Gasteiger partial charge in [0.15, 0.2) is 5.78 Å². The lowest BCUT2D eigenvalue weighted by molar-refractivity contribution is -0.138. The molecule has 4 nitrogen and oxygen atoms in total. The lowest BCUT2D eigenvalue weighted by Gasteiger charge is -2.34. The number of carbonyl (C=O) groups excluding carboxylic acids is 2. The number of fused-ring (bicyclic) bond motifs is 1. The molecule has 0 aromatic heterocycles. The number of nitrogens with zero attached hydrogens (tertiary/aromatic N) is 1. The molecule has 2 rings (SSSR count). The van der Waals surface area contributed by atoms with E-state index >= 15 is 0 Å². The van der Waals surface area contributed by atoms with E-state index in [0.717, 1.165) is 44.3 Å². The molecule has 112 valence electrons. The highest BCUT2D eigenvalue weighted by atomic mass is 16.5. The summed E-state index contributed by atoms with van der Waals surface area (Å²) in [7, 11) is 1.35. The van der Waals surface area contributed by atoms with E-state index in [4.69, 9.17) is 4.74 Å². The Labute approximate surface area is 121 Å². The molecule has 0 spiro atoms. The molecule has 0 unspecified atom stereocenters. The number of hydrogen-bond acceptors (Lipinski definition) is 4. The number of allylic oxidation sites excluding steroid dienone is 1. The van der Waals surface area contributed by atoms with Gasteiger partial charge in [-0.2, -0.15) is 0 Å². The van der Waals surface area contributed by atoms with E-state index in [0.29, 0.717) is 18.0 Å². The molecule has 1 atom stereocenters. The van der Waals surface area contributed by atoms with Gasteiger partial charge in [-0.3, -0.25) is 4.79 Å². The smallest absolute Gasteiger partial charge is 0.343 e. The van der Waals surface area contributed by atoms with Crippen LogP contribution in [0.25, 0.3) is 0 Å². The first-order valence-electron chi connectivity index (χ1n) is 7.80. The summed E-state index contributed by atoms with van der Waals surface area (Å²) in [5.41, 5.74) is 1.27. The zero-order valence-corrected chi connectivity index (χ0v) is 12.6. The molecule has 0 saturated carbocycles. The van der Waals surface area contributed by atoms with Gasteiger partial charge in [-0.1, -0.05) is 26.2 Å². The van der Waals surface area contributed by atoms with Gasteiger partial charge in [0.1, 0.15) is 5.57 Å². The highest BCUT2D eigenvalue weighted by molar-refractivity contribution is 6.18. The Morgan fingerprint density at radius 1 is 1.35 bits per heavy atom. The normalized spacial score (nSPS) is 22.2. The average molecular weight is 279 g/mol. The van der Waals surface area contributed by atoms with Crippen molar-refractivity contribution in [2.45, 2.75) is 64.3 Å². The van der Waals surface area contributed by atoms with E-state index in [-0.39, 0.29) is 5.78 Å². The van der Waals surface area contributed by atoms with Gasteiger partial charge in [-0.15, -0.1) is 0 Å². The predicted octanol–water partition coefficient (Wildman–Crippen LogP) is 2.82. The minimum absolute atomic E-state index is 0.0227. The molecule has 0 aromatic rings. The van der Waals surface area contributed by atoms with Crippen molar-refractivity contribution in [3.8, 4) is 0 Å². The van der Waals surface area contributed by atoms with Crippen LogP contribution in [0.5, 0.6) is 0 Å².